The number of carbonyl (C=O) groups excluding carboxylic acids is 1. The van der Waals surface area contributed by atoms with E-state index in [1.807, 2.05) is 29.9 Å². The van der Waals surface area contributed by atoms with Crippen LogP contribution in [-0.4, -0.2) is 21.7 Å². The maximum absolute atomic E-state index is 12.1. The van der Waals surface area contributed by atoms with E-state index in [0.717, 1.165) is 11.3 Å². The van der Waals surface area contributed by atoms with Crippen molar-refractivity contribution in [1.29, 1.82) is 0 Å². The summed E-state index contributed by atoms with van der Waals surface area (Å²) in [5.41, 5.74) is 1.26. The zero-order valence-corrected chi connectivity index (χ0v) is 12.3. The number of aryl methyl sites for hydroxylation is 2. The zero-order valence-electron chi connectivity index (χ0n) is 11.5. The van der Waals surface area contributed by atoms with Crippen molar-refractivity contribution in [3.63, 3.8) is 0 Å². The van der Waals surface area contributed by atoms with Gasteiger partial charge in [-0.2, -0.15) is 5.10 Å². The lowest BCUT2D eigenvalue weighted by Crippen LogP contribution is -2.35. The Labute approximate surface area is 117 Å². The van der Waals surface area contributed by atoms with Crippen LogP contribution < -0.4 is 5.32 Å². The zero-order chi connectivity index (χ0) is 13.8. The molecular formula is C14H19N3OS. The van der Waals surface area contributed by atoms with E-state index >= 15 is 0 Å². The van der Waals surface area contributed by atoms with Crippen LogP contribution in [0.5, 0.6) is 0 Å². The first-order valence-electron chi connectivity index (χ1n) is 6.47. The van der Waals surface area contributed by atoms with Gasteiger partial charge in [0.1, 0.15) is 0 Å². The summed E-state index contributed by atoms with van der Waals surface area (Å²) in [4.78, 5) is 14.2. The highest BCUT2D eigenvalue weighted by Crippen LogP contribution is 2.21. The molecule has 2 heterocycles. The Morgan fingerprint density at radius 1 is 1.58 bits per heavy atom. The lowest BCUT2D eigenvalue weighted by Gasteiger charge is -2.13. The molecule has 0 bridgehead atoms. The highest BCUT2D eigenvalue weighted by molar-refractivity contribution is 7.14. The third kappa shape index (κ3) is 3.44. The van der Waals surface area contributed by atoms with Gasteiger partial charge in [-0.05, 0) is 38.0 Å². The minimum absolute atomic E-state index is 0.00690. The molecule has 4 nitrogen and oxygen atoms in total. The Morgan fingerprint density at radius 2 is 2.37 bits per heavy atom. The standard InChI is InChI=1S/C14H19N3OS/c1-4-12-8-13(19-11(12)3)14(18)16-10(2)9-17-7-5-6-15-17/h5-8,10H,4,9H2,1-3H3,(H,16,18)/t10-/m0/s1. The fourth-order valence-electron chi connectivity index (χ4n) is 2.01. The van der Waals surface area contributed by atoms with Crippen LogP contribution in [0.15, 0.2) is 24.5 Å². The Hall–Kier alpha value is -1.62. The summed E-state index contributed by atoms with van der Waals surface area (Å²) < 4.78 is 1.82. The lowest BCUT2D eigenvalue weighted by molar-refractivity contribution is 0.0940. The quantitative estimate of drug-likeness (QED) is 0.913. The summed E-state index contributed by atoms with van der Waals surface area (Å²) in [6, 6.07) is 3.93. The van der Waals surface area contributed by atoms with E-state index < -0.39 is 0 Å². The molecule has 19 heavy (non-hydrogen) atoms. The summed E-state index contributed by atoms with van der Waals surface area (Å²) >= 11 is 1.56. The summed E-state index contributed by atoms with van der Waals surface area (Å²) in [6.45, 7) is 6.84. The second-order valence-corrected chi connectivity index (χ2v) is 5.90. The number of nitrogens with one attached hydrogen (secondary N) is 1. The minimum Gasteiger partial charge on any atom is -0.347 e. The van der Waals surface area contributed by atoms with Crippen LogP contribution >= 0.6 is 11.3 Å². The molecular weight excluding hydrogens is 258 g/mol. The molecule has 2 aromatic rings. The molecule has 102 valence electrons. The van der Waals surface area contributed by atoms with Gasteiger partial charge in [-0.1, -0.05) is 6.92 Å². The molecule has 2 rings (SSSR count). The first-order chi connectivity index (χ1) is 9.10. The van der Waals surface area contributed by atoms with Gasteiger partial charge in [-0.15, -0.1) is 11.3 Å². The van der Waals surface area contributed by atoms with Crippen LogP contribution in [0, 0.1) is 6.92 Å². The third-order valence-electron chi connectivity index (χ3n) is 3.02. The highest BCUT2D eigenvalue weighted by Gasteiger charge is 2.14. The molecule has 0 fully saturated rings. The van der Waals surface area contributed by atoms with Gasteiger partial charge in [0.05, 0.1) is 11.4 Å². The Balaban J connectivity index is 1.96. The van der Waals surface area contributed by atoms with E-state index in [0.29, 0.717) is 6.54 Å². The summed E-state index contributed by atoms with van der Waals surface area (Å²) in [5, 5.41) is 7.15. The number of hydrogen-bond acceptors (Lipinski definition) is 3. The van der Waals surface area contributed by atoms with Crippen molar-refractivity contribution < 1.29 is 4.79 Å². The molecule has 0 saturated heterocycles. The molecule has 5 heteroatoms. The number of aromatic nitrogens is 2. The van der Waals surface area contributed by atoms with E-state index in [-0.39, 0.29) is 11.9 Å². The van der Waals surface area contributed by atoms with Gasteiger partial charge in [0.2, 0.25) is 0 Å². The van der Waals surface area contributed by atoms with Gasteiger partial charge < -0.3 is 5.32 Å². The average molecular weight is 277 g/mol. The number of thiophene rings is 1. The van der Waals surface area contributed by atoms with Gasteiger partial charge in [0.25, 0.3) is 5.91 Å². The molecule has 0 aliphatic heterocycles. The SMILES string of the molecule is CCc1cc(C(=O)N[C@@H](C)Cn2cccn2)sc1C. The Morgan fingerprint density at radius 3 is 2.95 bits per heavy atom. The summed E-state index contributed by atoms with van der Waals surface area (Å²) in [7, 11) is 0. The van der Waals surface area contributed by atoms with E-state index in [4.69, 9.17) is 0 Å². The van der Waals surface area contributed by atoms with E-state index in [9.17, 15) is 4.79 Å². The molecule has 0 aliphatic carbocycles. The van der Waals surface area contributed by atoms with Gasteiger partial charge in [0.15, 0.2) is 0 Å². The van der Waals surface area contributed by atoms with E-state index in [1.165, 1.54) is 10.4 Å². The van der Waals surface area contributed by atoms with Gasteiger partial charge in [-0.25, -0.2) is 0 Å². The first-order valence-corrected chi connectivity index (χ1v) is 7.29. The van der Waals surface area contributed by atoms with Crippen molar-refractivity contribution in [2.75, 3.05) is 0 Å². The van der Waals surface area contributed by atoms with Crippen LogP contribution in [0.1, 0.15) is 34.0 Å². The van der Waals surface area contributed by atoms with Crippen LogP contribution in [0.25, 0.3) is 0 Å². The molecule has 0 spiro atoms. The molecule has 0 radical (unpaired) electrons. The molecule has 0 saturated carbocycles. The smallest absolute Gasteiger partial charge is 0.261 e. The van der Waals surface area contributed by atoms with Crippen molar-refractivity contribution in [2.24, 2.45) is 0 Å². The highest BCUT2D eigenvalue weighted by atomic mass is 32.1. The number of hydrogen-bond donors (Lipinski definition) is 1. The largest absolute Gasteiger partial charge is 0.347 e. The van der Waals surface area contributed by atoms with Crippen LogP contribution in [0.4, 0.5) is 0 Å². The van der Waals surface area contributed by atoms with Gasteiger partial charge in [0, 0.05) is 23.3 Å². The maximum atomic E-state index is 12.1. The first kappa shape index (κ1) is 13.8. The molecule has 1 N–H and O–H groups in total. The predicted molar refractivity (Wildman–Crippen MR) is 77.6 cm³/mol. The van der Waals surface area contributed by atoms with Crippen LogP contribution in [0.2, 0.25) is 0 Å². The van der Waals surface area contributed by atoms with Crippen molar-refractivity contribution in [1.82, 2.24) is 15.1 Å². The monoisotopic (exact) mass is 277 g/mol. The minimum atomic E-state index is 0.00690. The van der Waals surface area contributed by atoms with Crippen molar-refractivity contribution in [3.05, 3.63) is 39.8 Å². The fraction of sp³-hybridized carbons (Fsp3) is 0.429. The number of amides is 1. The van der Waals surface area contributed by atoms with Crippen molar-refractivity contribution >= 4 is 17.2 Å². The number of carbonyl (C=O) groups is 1. The van der Waals surface area contributed by atoms with E-state index in [2.05, 4.69) is 24.3 Å². The molecule has 1 amide bonds. The van der Waals surface area contributed by atoms with Crippen molar-refractivity contribution in [3.8, 4) is 0 Å². The maximum Gasteiger partial charge on any atom is 0.261 e. The molecule has 0 unspecified atom stereocenters. The van der Waals surface area contributed by atoms with Gasteiger partial charge >= 0.3 is 0 Å². The molecule has 0 aliphatic rings. The second kappa shape index (κ2) is 6.02. The lowest BCUT2D eigenvalue weighted by atomic mass is 10.2. The fourth-order valence-corrected chi connectivity index (χ4v) is 3.03. The average Bonchev–Trinajstić information content (AvgIpc) is 2.98. The topological polar surface area (TPSA) is 46.9 Å². The molecule has 1 atom stereocenters. The summed E-state index contributed by atoms with van der Waals surface area (Å²) in [6.07, 6.45) is 4.61. The number of rotatable bonds is 5. The number of nitrogens with zero attached hydrogens (tertiary/aromatic N) is 2. The van der Waals surface area contributed by atoms with Crippen LogP contribution in [0.3, 0.4) is 0 Å². The Kier molecular flexibility index (Phi) is 4.37. The third-order valence-corrected chi connectivity index (χ3v) is 4.11. The normalized spacial score (nSPS) is 12.4. The van der Waals surface area contributed by atoms with Crippen molar-refractivity contribution in [2.45, 2.75) is 39.8 Å². The summed E-state index contributed by atoms with van der Waals surface area (Å²) in [5.74, 6) is 0.00690. The molecule has 2 aromatic heterocycles. The van der Waals surface area contributed by atoms with Crippen LogP contribution in [-0.2, 0) is 13.0 Å². The molecule has 0 aromatic carbocycles. The van der Waals surface area contributed by atoms with Gasteiger partial charge in [-0.3, -0.25) is 9.48 Å². The predicted octanol–water partition coefficient (Wildman–Crippen LogP) is 2.63. The Bertz CT molecular complexity index is 545. The van der Waals surface area contributed by atoms with E-state index in [1.54, 1.807) is 17.5 Å². The second-order valence-electron chi connectivity index (χ2n) is 4.65.